The van der Waals surface area contributed by atoms with Crippen molar-refractivity contribution in [3.8, 4) is 0 Å². The summed E-state index contributed by atoms with van der Waals surface area (Å²) in [7, 11) is 0. The molecule has 2 rings (SSSR count). The van der Waals surface area contributed by atoms with Gasteiger partial charge in [0.15, 0.2) is 0 Å². The predicted octanol–water partition coefficient (Wildman–Crippen LogP) is 2.72. The molecule has 0 fully saturated rings. The Balaban J connectivity index is 1.64. The van der Waals surface area contributed by atoms with Crippen LogP contribution in [0.4, 0.5) is 0 Å². The number of nitrogens with zero attached hydrogens (tertiary/aromatic N) is 1. The van der Waals surface area contributed by atoms with Gasteiger partial charge in [-0.2, -0.15) is 0 Å². The van der Waals surface area contributed by atoms with Crippen LogP contribution >= 0.6 is 0 Å². The molecule has 1 aliphatic carbocycles. The molecule has 1 unspecified atom stereocenters. The highest BCUT2D eigenvalue weighted by atomic mass is 16.5. The Kier molecular flexibility index (Phi) is 5.14. The maximum Gasteiger partial charge on any atom is 0.0605 e. The largest absolute Gasteiger partial charge is 0.381 e. The molecule has 0 aromatic carbocycles. The Morgan fingerprint density at radius 1 is 1.50 bits per heavy atom. The molecule has 1 heterocycles. The molecule has 18 heavy (non-hydrogen) atoms. The molecule has 0 bridgehead atoms. The number of aromatic nitrogens is 1. The maximum absolute atomic E-state index is 5.57. The molecule has 1 aliphatic rings. The van der Waals surface area contributed by atoms with E-state index in [0.29, 0.717) is 12.0 Å². The molecular formula is C15H24N2O. The maximum atomic E-state index is 5.57. The van der Waals surface area contributed by atoms with Crippen molar-refractivity contribution < 1.29 is 4.74 Å². The Bertz CT molecular complexity index is 365. The highest BCUT2D eigenvalue weighted by Crippen LogP contribution is 2.28. The zero-order chi connectivity index (χ0) is 12.8. The fourth-order valence-corrected chi connectivity index (χ4v) is 2.38. The van der Waals surface area contributed by atoms with Gasteiger partial charge in [-0.15, -0.1) is 0 Å². The van der Waals surface area contributed by atoms with Gasteiger partial charge in [0.2, 0.25) is 0 Å². The smallest absolute Gasteiger partial charge is 0.0605 e. The lowest BCUT2D eigenvalue weighted by Gasteiger charge is -2.13. The van der Waals surface area contributed by atoms with Gasteiger partial charge in [-0.3, -0.25) is 4.98 Å². The molecule has 1 atom stereocenters. The van der Waals surface area contributed by atoms with Gasteiger partial charge in [0.1, 0.15) is 0 Å². The molecule has 0 amide bonds. The number of hydrogen-bond donors (Lipinski definition) is 1. The minimum Gasteiger partial charge on any atom is -0.381 e. The highest BCUT2D eigenvalue weighted by molar-refractivity contribution is 5.27. The first-order chi connectivity index (χ1) is 8.77. The van der Waals surface area contributed by atoms with Gasteiger partial charge < -0.3 is 10.1 Å². The van der Waals surface area contributed by atoms with Crippen LogP contribution in [0.1, 0.15) is 44.0 Å². The van der Waals surface area contributed by atoms with Crippen LogP contribution in [0.25, 0.3) is 0 Å². The molecule has 0 radical (unpaired) electrons. The first-order valence-corrected chi connectivity index (χ1v) is 7.02. The zero-order valence-corrected chi connectivity index (χ0v) is 11.5. The summed E-state index contributed by atoms with van der Waals surface area (Å²) in [4.78, 5) is 4.49. The van der Waals surface area contributed by atoms with Crippen LogP contribution in [0.3, 0.4) is 0 Å². The third-order valence-corrected chi connectivity index (χ3v) is 3.27. The summed E-state index contributed by atoms with van der Waals surface area (Å²) in [6.07, 6.45) is 5.31. The van der Waals surface area contributed by atoms with Crippen molar-refractivity contribution in [2.45, 2.75) is 39.2 Å². The molecule has 1 N–H and O–H groups in total. The van der Waals surface area contributed by atoms with E-state index in [0.717, 1.165) is 32.6 Å². The summed E-state index contributed by atoms with van der Waals surface area (Å²) in [5, 5.41) is 3.58. The monoisotopic (exact) mass is 248 g/mol. The lowest BCUT2D eigenvalue weighted by molar-refractivity contribution is 0.107. The van der Waals surface area contributed by atoms with Crippen molar-refractivity contribution in [2.24, 2.45) is 5.92 Å². The molecular weight excluding hydrogens is 224 g/mol. The van der Waals surface area contributed by atoms with Crippen molar-refractivity contribution in [3.63, 3.8) is 0 Å². The second-order valence-electron chi connectivity index (χ2n) is 5.42. The first-order valence-electron chi connectivity index (χ1n) is 7.02. The lowest BCUT2D eigenvalue weighted by Crippen LogP contribution is -2.22. The van der Waals surface area contributed by atoms with Gasteiger partial charge in [-0.1, -0.05) is 19.9 Å². The van der Waals surface area contributed by atoms with E-state index >= 15 is 0 Å². The average molecular weight is 248 g/mol. The van der Waals surface area contributed by atoms with E-state index in [9.17, 15) is 0 Å². The van der Waals surface area contributed by atoms with E-state index in [-0.39, 0.29) is 0 Å². The van der Waals surface area contributed by atoms with E-state index in [2.05, 4.69) is 30.2 Å². The van der Waals surface area contributed by atoms with Crippen LogP contribution in [0.5, 0.6) is 0 Å². The van der Waals surface area contributed by atoms with Gasteiger partial charge in [-0.05, 0) is 43.4 Å². The van der Waals surface area contributed by atoms with Gasteiger partial charge in [-0.25, -0.2) is 0 Å². The summed E-state index contributed by atoms with van der Waals surface area (Å²) in [6, 6.07) is 4.67. The Hall–Kier alpha value is -0.930. The number of pyridine rings is 1. The van der Waals surface area contributed by atoms with Crippen LogP contribution < -0.4 is 5.32 Å². The van der Waals surface area contributed by atoms with E-state index in [1.807, 2.05) is 12.3 Å². The number of rotatable bonds is 7. The molecule has 0 spiro atoms. The van der Waals surface area contributed by atoms with Crippen molar-refractivity contribution in [1.82, 2.24) is 10.3 Å². The third kappa shape index (κ3) is 3.79. The molecule has 3 nitrogen and oxygen atoms in total. The van der Waals surface area contributed by atoms with Crippen LogP contribution in [0, 0.1) is 5.92 Å². The molecule has 0 aliphatic heterocycles. The van der Waals surface area contributed by atoms with Gasteiger partial charge in [0, 0.05) is 19.4 Å². The van der Waals surface area contributed by atoms with Gasteiger partial charge in [0.25, 0.3) is 0 Å². The topological polar surface area (TPSA) is 34.1 Å². The SMILES string of the molecule is CC(C)COCCCNC1CCc2cccnc21. The summed E-state index contributed by atoms with van der Waals surface area (Å²) >= 11 is 0. The van der Waals surface area contributed by atoms with E-state index in [4.69, 9.17) is 4.74 Å². The molecule has 0 saturated carbocycles. The number of hydrogen-bond acceptors (Lipinski definition) is 3. The van der Waals surface area contributed by atoms with Crippen molar-refractivity contribution in [1.29, 1.82) is 0 Å². The van der Waals surface area contributed by atoms with Gasteiger partial charge in [0.05, 0.1) is 11.7 Å². The third-order valence-electron chi connectivity index (χ3n) is 3.27. The van der Waals surface area contributed by atoms with Crippen molar-refractivity contribution >= 4 is 0 Å². The summed E-state index contributed by atoms with van der Waals surface area (Å²) in [5.41, 5.74) is 2.66. The van der Waals surface area contributed by atoms with E-state index < -0.39 is 0 Å². The second kappa shape index (κ2) is 6.86. The fraction of sp³-hybridized carbons (Fsp3) is 0.667. The van der Waals surface area contributed by atoms with Crippen LogP contribution in [-0.2, 0) is 11.2 Å². The minimum atomic E-state index is 0.450. The minimum absolute atomic E-state index is 0.450. The summed E-state index contributed by atoms with van der Waals surface area (Å²) in [5.74, 6) is 0.629. The molecule has 100 valence electrons. The van der Waals surface area contributed by atoms with Crippen molar-refractivity contribution in [3.05, 3.63) is 29.6 Å². The Morgan fingerprint density at radius 2 is 2.39 bits per heavy atom. The normalized spacial score (nSPS) is 18.3. The summed E-state index contributed by atoms with van der Waals surface area (Å²) < 4.78 is 5.57. The fourth-order valence-electron chi connectivity index (χ4n) is 2.38. The van der Waals surface area contributed by atoms with Crippen LogP contribution in [0.2, 0.25) is 0 Å². The highest BCUT2D eigenvalue weighted by Gasteiger charge is 2.22. The number of aryl methyl sites for hydroxylation is 1. The molecule has 3 heteroatoms. The molecule has 1 aromatic rings. The van der Waals surface area contributed by atoms with E-state index in [1.54, 1.807) is 0 Å². The zero-order valence-electron chi connectivity index (χ0n) is 11.5. The Morgan fingerprint density at radius 3 is 3.22 bits per heavy atom. The summed E-state index contributed by atoms with van der Waals surface area (Å²) in [6.45, 7) is 7.10. The molecule has 1 aromatic heterocycles. The van der Waals surface area contributed by atoms with Crippen LogP contribution in [-0.4, -0.2) is 24.7 Å². The first kappa shape index (κ1) is 13.5. The lowest BCUT2D eigenvalue weighted by atomic mass is 10.2. The molecule has 0 saturated heterocycles. The van der Waals surface area contributed by atoms with Gasteiger partial charge >= 0.3 is 0 Å². The number of fused-ring (bicyclic) bond motifs is 1. The predicted molar refractivity (Wildman–Crippen MR) is 73.6 cm³/mol. The second-order valence-corrected chi connectivity index (χ2v) is 5.42. The number of nitrogens with one attached hydrogen (secondary N) is 1. The Labute approximate surface area is 110 Å². The number of ether oxygens (including phenoxy) is 1. The quantitative estimate of drug-likeness (QED) is 0.753. The van der Waals surface area contributed by atoms with E-state index in [1.165, 1.54) is 17.7 Å². The van der Waals surface area contributed by atoms with Crippen molar-refractivity contribution in [2.75, 3.05) is 19.8 Å². The average Bonchev–Trinajstić information content (AvgIpc) is 2.77. The van der Waals surface area contributed by atoms with Crippen LogP contribution in [0.15, 0.2) is 18.3 Å². The standard InChI is InChI=1S/C15H24N2O/c1-12(2)11-18-10-4-9-16-14-7-6-13-5-3-8-17-15(13)14/h3,5,8,12,14,16H,4,6-7,9-11H2,1-2H3.